The van der Waals surface area contributed by atoms with Crippen molar-refractivity contribution in [3.63, 3.8) is 0 Å². The van der Waals surface area contributed by atoms with Crippen molar-refractivity contribution in [2.75, 3.05) is 24.2 Å². The zero-order valence-electron chi connectivity index (χ0n) is 16.4. The molecule has 0 aromatic heterocycles. The number of carbonyl (C=O) groups excluding carboxylic acids is 2. The Labute approximate surface area is 173 Å². The summed E-state index contributed by atoms with van der Waals surface area (Å²) in [5, 5.41) is 2.76. The number of anilines is 1. The molecule has 1 aliphatic rings. The molecule has 0 spiro atoms. The smallest absolute Gasteiger partial charge is 0.256 e. The lowest BCUT2D eigenvalue weighted by Crippen LogP contribution is -2.41. The van der Waals surface area contributed by atoms with Crippen LogP contribution in [0.4, 0.5) is 14.5 Å². The molecule has 1 saturated heterocycles. The molecule has 0 bridgehead atoms. The molecule has 0 radical (unpaired) electrons. The lowest BCUT2D eigenvalue weighted by molar-refractivity contribution is -0.121. The quantitative estimate of drug-likeness (QED) is 0.780. The minimum absolute atomic E-state index is 0.00216. The maximum absolute atomic E-state index is 13.8. The Bertz CT molecular complexity index is 1050. The number of amides is 2. The number of nitrogens with one attached hydrogen (secondary N) is 1. The van der Waals surface area contributed by atoms with Gasteiger partial charge in [-0.15, -0.1) is 0 Å². The molecule has 2 aromatic rings. The van der Waals surface area contributed by atoms with E-state index < -0.39 is 27.4 Å². The molecule has 30 heavy (non-hydrogen) atoms. The number of nitrogens with zero attached hydrogens (tertiary/aromatic N) is 1. The van der Waals surface area contributed by atoms with Crippen molar-refractivity contribution in [2.24, 2.45) is 5.92 Å². The Morgan fingerprint density at radius 3 is 2.27 bits per heavy atom. The van der Waals surface area contributed by atoms with Crippen molar-refractivity contribution < 1.29 is 26.8 Å². The summed E-state index contributed by atoms with van der Waals surface area (Å²) in [5.41, 5.74) is 0.295. The number of hydrogen-bond donors (Lipinski definition) is 1. The van der Waals surface area contributed by atoms with Crippen molar-refractivity contribution in [3.8, 4) is 0 Å². The maximum atomic E-state index is 13.8. The zero-order chi connectivity index (χ0) is 21.9. The Morgan fingerprint density at radius 2 is 1.70 bits per heavy atom. The van der Waals surface area contributed by atoms with E-state index in [1.807, 2.05) is 0 Å². The second kappa shape index (κ2) is 8.91. The Balaban J connectivity index is 1.57. The molecule has 1 heterocycles. The predicted octanol–water partition coefficient (Wildman–Crippen LogP) is 3.25. The molecule has 0 aliphatic carbocycles. The first-order valence-corrected chi connectivity index (χ1v) is 11.2. The molecule has 1 aliphatic heterocycles. The zero-order valence-corrected chi connectivity index (χ0v) is 17.2. The van der Waals surface area contributed by atoms with Crippen molar-refractivity contribution in [1.82, 2.24) is 4.90 Å². The van der Waals surface area contributed by atoms with E-state index in [1.165, 1.54) is 29.2 Å². The summed E-state index contributed by atoms with van der Waals surface area (Å²) in [6, 6.07) is 8.80. The van der Waals surface area contributed by atoms with Gasteiger partial charge in [0.15, 0.2) is 9.84 Å². The molecular weight excluding hydrogens is 414 g/mol. The van der Waals surface area contributed by atoms with Gasteiger partial charge < -0.3 is 10.2 Å². The van der Waals surface area contributed by atoms with E-state index in [4.69, 9.17) is 0 Å². The van der Waals surface area contributed by atoms with Crippen LogP contribution in [-0.4, -0.2) is 44.0 Å². The predicted molar refractivity (Wildman–Crippen MR) is 108 cm³/mol. The summed E-state index contributed by atoms with van der Waals surface area (Å²) in [6.45, 7) is 2.12. The third-order valence-electron chi connectivity index (χ3n) is 5.18. The molecular formula is C21H22F2N2O4S. The van der Waals surface area contributed by atoms with Crippen LogP contribution in [0.5, 0.6) is 0 Å². The monoisotopic (exact) mass is 436 g/mol. The Kier molecular flexibility index (Phi) is 6.50. The number of sulfone groups is 1. The average Bonchev–Trinajstić information content (AvgIpc) is 2.74. The van der Waals surface area contributed by atoms with Crippen LogP contribution in [0.1, 0.15) is 30.1 Å². The van der Waals surface area contributed by atoms with Gasteiger partial charge in [-0.3, -0.25) is 9.59 Å². The first-order chi connectivity index (χ1) is 14.2. The van der Waals surface area contributed by atoms with Crippen molar-refractivity contribution in [2.45, 2.75) is 24.7 Å². The summed E-state index contributed by atoms with van der Waals surface area (Å²) in [4.78, 5) is 26.6. The van der Waals surface area contributed by atoms with Crippen LogP contribution < -0.4 is 5.32 Å². The van der Waals surface area contributed by atoms with E-state index >= 15 is 0 Å². The number of rotatable bonds is 5. The second-order valence-corrected chi connectivity index (χ2v) is 9.39. The lowest BCUT2D eigenvalue weighted by atomic mass is 9.95. The highest BCUT2D eigenvalue weighted by Gasteiger charge is 2.29. The molecule has 2 amide bonds. The van der Waals surface area contributed by atoms with Crippen LogP contribution in [0.3, 0.4) is 0 Å². The lowest BCUT2D eigenvalue weighted by Gasteiger charge is -2.31. The minimum Gasteiger partial charge on any atom is -0.339 e. The van der Waals surface area contributed by atoms with Gasteiger partial charge in [-0.2, -0.15) is 0 Å². The first-order valence-electron chi connectivity index (χ1n) is 9.59. The number of carbonyl (C=O) groups is 2. The van der Waals surface area contributed by atoms with E-state index in [0.29, 0.717) is 24.6 Å². The first kappa shape index (κ1) is 21.9. The fourth-order valence-corrected chi connectivity index (χ4v) is 4.22. The minimum atomic E-state index is -3.30. The molecule has 0 atom stereocenters. The topological polar surface area (TPSA) is 83.6 Å². The van der Waals surface area contributed by atoms with Gasteiger partial charge in [0.05, 0.1) is 16.2 Å². The molecule has 2 aromatic carbocycles. The van der Waals surface area contributed by atoms with Crippen molar-refractivity contribution >= 4 is 27.3 Å². The van der Waals surface area contributed by atoms with Crippen LogP contribution >= 0.6 is 0 Å². The molecule has 3 rings (SSSR count). The van der Waals surface area contributed by atoms with E-state index in [1.54, 1.807) is 6.92 Å². The summed E-state index contributed by atoms with van der Waals surface area (Å²) < 4.78 is 50.6. The molecule has 9 heteroatoms. The van der Waals surface area contributed by atoms with E-state index in [9.17, 15) is 26.8 Å². The van der Waals surface area contributed by atoms with Crippen LogP contribution in [-0.2, 0) is 14.6 Å². The third-order valence-corrected chi connectivity index (χ3v) is 6.93. The van der Waals surface area contributed by atoms with Crippen LogP contribution in [0, 0.1) is 17.6 Å². The van der Waals surface area contributed by atoms with Gasteiger partial charge in [-0.25, -0.2) is 17.2 Å². The van der Waals surface area contributed by atoms with Crippen LogP contribution in [0.2, 0.25) is 0 Å². The third kappa shape index (κ3) is 4.84. The number of benzene rings is 2. The van der Waals surface area contributed by atoms with Crippen LogP contribution in [0.25, 0.3) is 0 Å². The van der Waals surface area contributed by atoms with Gasteiger partial charge in [-0.05, 0) is 49.2 Å². The molecule has 1 N–H and O–H groups in total. The number of piperidine rings is 1. The summed E-state index contributed by atoms with van der Waals surface area (Å²) in [5.74, 6) is -2.74. The fraction of sp³-hybridized carbons (Fsp3) is 0.333. The van der Waals surface area contributed by atoms with Gasteiger partial charge in [0, 0.05) is 30.8 Å². The molecule has 1 fully saturated rings. The molecule has 160 valence electrons. The van der Waals surface area contributed by atoms with Gasteiger partial charge in [-0.1, -0.05) is 6.92 Å². The van der Waals surface area contributed by atoms with E-state index in [-0.39, 0.29) is 41.1 Å². The van der Waals surface area contributed by atoms with Crippen LogP contribution in [0.15, 0.2) is 47.4 Å². The van der Waals surface area contributed by atoms with Crippen molar-refractivity contribution in [3.05, 3.63) is 59.7 Å². The van der Waals surface area contributed by atoms with Gasteiger partial charge in [0.1, 0.15) is 11.6 Å². The molecule has 0 unspecified atom stereocenters. The SMILES string of the molecule is CCS(=O)(=O)c1ccc(NC(=O)C2CCN(C(=O)c3ccc(F)cc3F)CC2)cc1. The Morgan fingerprint density at radius 1 is 1.07 bits per heavy atom. The molecule has 0 saturated carbocycles. The average molecular weight is 436 g/mol. The maximum Gasteiger partial charge on any atom is 0.256 e. The number of likely N-dealkylation sites (tertiary alicyclic amines) is 1. The summed E-state index contributed by atoms with van der Waals surface area (Å²) in [7, 11) is -3.30. The standard InChI is InChI=1S/C21H22F2N2O4S/c1-2-30(28,29)17-6-4-16(5-7-17)24-20(26)14-9-11-25(12-10-14)21(27)18-8-3-15(22)13-19(18)23/h3-8,13-14H,2,9-12H2,1H3,(H,24,26). The Hall–Kier alpha value is -2.81. The summed E-state index contributed by atoms with van der Waals surface area (Å²) >= 11 is 0. The van der Waals surface area contributed by atoms with E-state index in [2.05, 4.69) is 5.32 Å². The van der Waals surface area contributed by atoms with Gasteiger partial charge in [0.25, 0.3) is 5.91 Å². The highest BCUT2D eigenvalue weighted by Crippen LogP contribution is 2.23. The number of hydrogen-bond acceptors (Lipinski definition) is 4. The fourth-order valence-electron chi connectivity index (χ4n) is 3.33. The highest BCUT2D eigenvalue weighted by molar-refractivity contribution is 7.91. The highest BCUT2D eigenvalue weighted by atomic mass is 32.2. The normalized spacial score (nSPS) is 15.1. The number of halogens is 2. The van der Waals surface area contributed by atoms with Crippen molar-refractivity contribution in [1.29, 1.82) is 0 Å². The van der Waals surface area contributed by atoms with Gasteiger partial charge >= 0.3 is 0 Å². The van der Waals surface area contributed by atoms with E-state index in [0.717, 1.165) is 12.1 Å². The van der Waals surface area contributed by atoms with Gasteiger partial charge in [0.2, 0.25) is 5.91 Å². The second-order valence-electron chi connectivity index (χ2n) is 7.11. The molecule has 6 nitrogen and oxygen atoms in total. The summed E-state index contributed by atoms with van der Waals surface area (Å²) in [6.07, 6.45) is 0.811. The largest absolute Gasteiger partial charge is 0.339 e.